The van der Waals surface area contributed by atoms with Gasteiger partial charge in [-0.2, -0.15) is 13.2 Å². The number of alkyl halides is 3. The van der Waals surface area contributed by atoms with Crippen LogP contribution in [0, 0.1) is 25.5 Å². The molecule has 0 saturated carbocycles. The molecule has 168 valence electrons. The van der Waals surface area contributed by atoms with Crippen LogP contribution >= 0.6 is 0 Å². The molecule has 3 rings (SSSR count). The van der Waals surface area contributed by atoms with Crippen molar-refractivity contribution in [2.45, 2.75) is 20.0 Å². The van der Waals surface area contributed by atoms with Crippen LogP contribution in [0.4, 0.5) is 39.0 Å². The van der Waals surface area contributed by atoms with Crippen molar-refractivity contribution in [3.05, 3.63) is 76.5 Å². The van der Waals surface area contributed by atoms with Gasteiger partial charge >= 0.3 is 6.18 Å². The summed E-state index contributed by atoms with van der Waals surface area (Å²) in [6.45, 7) is 3.08. The molecule has 1 aromatic heterocycles. The average Bonchev–Trinajstić information content (AvgIpc) is 2.71. The third-order valence-electron chi connectivity index (χ3n) is 4.63. The van der Waals surface area contributed by atoms with E-state index >= 15 is 0 Å². The van der Waals surface area contributed by atoms with Crippen molar-refractivity contribution >= 4 is 23.0 Å². The Labute approximate surface area is 180 Å². The first-order chi connectivity index (χ1) is 15.0. The third-order valence-corrected chi connectivity index (χ3v) is 4.63. The molecule has 0 saturated heterocycles. The van der Waals surface area contributed by atoms with Crippen molar-refractivity contribution in [1.82, 2.24) is 4.98 Å². The lowest BCUT2D eigenvalue weighted by molar-refractivity contribution is -0.137. The first-order valence-electron chi connectivity index (χ1n) is 9.26. The highest BCUT2D eigenvalue weighted by Gasteiger charge is 2.32. The first kappa shape index (κ1) is 23.0. The number of hydrogen-bond donors (Lipinski definition) is 2. The van der Waals surface area contributed by atoms with Crippen LogP contribution in [0.5, 0.6) is 5.88 Å². The maximum absolute atomic E-state index is 14.0. The quantitative estimate of drug-likeness (QED) is 0.467. The van der Waals surface area contributed by atoms with E-state index in [0.29, 0.717) is 17.3 Å². The molecular weight excluding hydrogens is 433 g/mol. The number of hydrogen-bond acceptors (Lipinski definition) is 4. The Morgan fingerprint density at radius 2 is 1.66 bits per heavy atom. The van der Waals surface area contributed by atoms with E-state index in [1.54, 1.807) is 6.92 Å². The van der Waals surface area contributed by atoms with Gasteiger partial charge in [0.15, 0.2) is 5.82 Å². The van der Waals surface area contributed by atoms with Gasteiger partial charge in [0.05, 0.1) is 35.3 Å². The molecule has 0 fully saturated rings. The molecule has 0 radical (unpaired) electrons. The largest absolute Gasteiger partial charge is 0.479 e. The zero-order valence-electron chi connectivity index (χ0n) is 17.2. The van der Waals surface area contributed by atoms with Crippen molar-refractivity contribution in [2.75, 3.05) is 17.7 Å². The van der Waals surface area contributed by atoms with Crippen molar-refractivity contribution in [1.29, 1.82) is 0 Å². The minimum Gasteiger partial charge on any atom is -0.479 e. The maximum atomic E-state index is 14.0. The second-order valence-electron chi connectivity index (χ2n) is 6.91. The van der Waals surface area contributed by atoms with Gasteiger partial charge in [0.25, 0.3) is 5.91 Å². The van der Waals surface area contributed by atoms with Gasteiger partial charge in [0.2, 0.25) is 5.88 Å². The predicted molar refractivity (Wildman–Crippen MR) is 109 cm³/mol. The van der Waals surface area contributed by atoms with Gasteiger partial charge in [-0.3, -0.25) is 4.79 Å². The molecule has 0 aliphatic rings. The molecule has 10 heteroatoms. The van der Waals surface area contributed by atoms with Gasteiger partial charge in [-0.05, 0) is 55.8 Å². The van der Waals surface area contributed by atoms with E-state index in [1.807, 2.05) is 0 Å². The fourth-order valence-corrected chi connectivity index (χ4v) is 2.95. The number of halogens is 5. The lowest BCUT2D eigenvalue weighted by atomic mass is 10.1. The molecule has 0 bridgehead atoms. The molecule has 0 spiro atoms. The van der Waals surface area contributed by atoms with Crippen molar-refractivity contribution < 1.29 is 31.5 Å². The van der Waals surface area contributed by atoms with Crippen LogP contribution in [0.2, 0.25) is 0 Å². The summed E-state index contributed by atoms with van der Waals surface area (Å²) in [6.07, 6.45) is -4.69. The predicted octanol–water partition coefficient (Wildman–Crippen LogP) is 6.00. The number of pyridine rings is 1. The van der Waals surface area contributed by atoms with E-state index < -0.39 is 29.3 Å². The van der Waals surface area contributed by atoms with Crippen LogP contribution in [0.1, 0.15) is 27.2 Å². The van der Waals surface area contributed by atoms with E-state index in [0.717, 1.165) is 18.2 Å². The summed E-state index contributed by atoms with van der Waals surface area (Å²) in [5.41, 5.74) is -0.298. The average molecular weight is 451 g/mol. The number of nitrogens with one attached hydrogen (secondary N) is 2. The van der Waals surface area contributed by atoms with Crippen molar-refractivity contribution in [3.63, 3.8) is 0 Å². The standard InChI is InChI=1S/C22H18F5N3O2/c1-11-8-14(23)5-7-17(11)29-18-6-4-13(22(25,26)27)9-15(18)20(31)30-19-10-16(24)21(32-3)28-12(19)2/h4-10,29H,1-3H3,(H,30,31). The molecular formula is C22H18F5N3O2. The molecule has 2 aromatic carbocycles. The molecule has 5 nitrogen and oxygen atoms in total. The third kappa shape index (κ3) is 4.96. The summed E-state index contributed by atoms with van der Waals surface area (Å²) in [5, 5.41) is 5.24. The second-order valence-corrected chi connectivity index (χ2v) is 6.91. The van der Waals surface area contributed by atoms with Gasteiger partial charge in [0, 0.05) is 11.8 Å². The number of methoxy groups -OCH3 is 1. The maximum Gasteiger partial charge on any atom is 0.416 e. The number of aryl methyl sites for hydroxylation is 2. The Morgan fingerprint density at radius 3 is 2.28 bits per heavy atom. The smallest absolute Gasteiger partial charge is 0.416 e. The van der Waals surface area contributed by atoms with Crippen LogP contribution in [-0.2, 0) is 6.18 Å². The number of amides is 1. The Bertz CT molecular complexity index is 1180. The second kappa shape index (κ2) is 8.81. The lowest BCUT2D eigenvalue weighted by Crippen LogP contribution is -2.17. The van der Waals surface area contributed by atoms with E-state index in [4.69, 9.17) is 4.74 Å². The summed E-state index contributed by atoms with van der Waals surface area (Å²) in [5.74, 6) is -2.54. The highest BCUT2D eigenvalue weighted by atomic mass is 19.4. The van der Waals surface area contributed by atoms with Crippen LogP contribution in [0.3, 0.4) is 0 Å². The minimum atomic E-state index is -4.69. The van der Waals surface area contributed by atoms with Gasteiger partial charge < -0.3 is 15.4 Å². The van der Waals surface area contributed by atoms with E-state index in [-0.39, 0.29) is 28.5 Å². The molecule has 3 aromatic rings. The van der Waals surface area contributed by atoms with E-state index in [9.17, 15) is 26.7 Å². The van der Waals surface area contributed by atoms with Gasteiger partial charge in [-0.15, -0.1) is 0 Å². The van der Waals surface area contributed by atoms with Crippen LogP contribution < -0.4 is 15.4 Å². The normalized spacial score (nSPS) is 11.2. The fourth-order valence-electron chi connectivity index (χ4n) is 2.95. The minimum absolute atomic E-state index is 0.0328. The van der Waals surface area contributed by atoms with Gasteiger partial charge in [-0.25, -0.2) is 13.8 Å². The number of rotatable bonds is 5. The number of carbonyl (C=O) groups is 1. The van der Waals surface area contributed by atoms with E-state index in [1.165, 1.54) is 32.2 Å². The lowest BCUT2D eigenvalue weighted by Gasteiger charge is -2.17. The molecule has 1 heterocycles. The molecule has 0 aliphatic heterocycles. The number of benzene rings is 2. The van der Waals surface area contributed by atoms with Crippen molar-refractivity contribution in [2.24, 2.45) is 0 Å². The van der Waals surface area contributed by atoms with Crippen molar-refractivity contribution in [3.8, 4) is 5.88 Å². The molecule has 32 heavy (non-hydrogen) atoms. The Morgan fingerprint density at radius 1 is 0.969 bits per heavy atom. The summed E-state index contributed by atoms with van der Waals surface area (Å²) in [6, 6.07) is 7.37. The Kier molecular flexibility index (Phi) is 6.33. The van der Waals surface area contributed by atoms with Crippen LogP contribution in [-0.4, -0.2) is 18.0 Å². The van der Waals surface area contributed by atoms with Gasteiger partial charge in [0.1, 0.15) is 5.82 Å². The summed E-state index contributed by atoms with van der Waals surface area (Å²) in [7, 11) is 1.22. The summed E-state index contributed by atoms with van der Waals surface area (Å²) in [4.78, 5) is 16.8. The molecule has 1 amide bonds. The molecule has 2 N–H and O–H groups in total. The fraction of sp³-hybridized carbons (Fsp3) is 0.182. The molecule has 0 unspecified atom stereocenters. The monoisotopic (exact) mass is 451 g/mol. The van der Waals surface area contributed by atoms with Gasteiger partial charge in [-0.1, -0.05) is 0 Å². The van der Waals surface area contributed by atoms with Crippen LogP contribution in [0.25, 0.3) is 0 Å². The Hall–Kier alpha value is -3.69. The molecule has 0 atom stereocenters. The highest BCUT2D eigenvalue weighted by molar-refractivity contribution is 6.09. The van der Waals surface area contributed by atoms with E-state index in [2.05, 4.69) is 15.6 Å². The number of carbonyl (C=O) groups excluding carboxylic acids is 1. The SMILES string of the molecule is COc1nc(C)c(NC(=O)c2cc(C(F)(F)F)ccc2Nc2ccc(F)cc2C)cc1F. The summed E-state index contributed by atoms with van der Waals surface area (Å²) < 4.78 is 71.9. The topological polar surface area (TPSA) is 63.2 Å². The van der Waals surface area contributed by atoms with Crippen LogP contribution in [0.15, 0.2) is 42.5 Å². The zero-order valence-corrected chi connectivity index (χ0v) is 17.2. The number of aromatic nitrogens is 1. The zero-order chi connectivity index (χ0) is 23.6. The first-order valence-corrected chi connectivity index (χ1v) is 9.26. The summed E-state index contributed by atoms with van der Waals surface area (Å²) >= 11 is 0. The highest BCUT2D eigenvalue weighted by Crippen LogP contribution is 2.34. The molecule has 0 aliphatic carbocycles. The number of nitrogens with zero attached hydrogens (tertiary/aromatic N) is 1. The Balaban J connectivity index is 2.02. The number of anilines is 3. The number of ether oxygens (including phenoxy) is 1.